The molecule has 0 aromatic heterocycles. The molecule has 1 saturated heterocycles. The van der Waals surface area contributed by atoms with Crippen LogP contribution >= 0.6 is 0 Å². The molecule has 3 amide bonds. The first-order valence-electron chi connectivity index (χ1n) is 14.2. The van der Waals surface area contributed by atoms with E-state index in [9.17, 15) is 24.0 Å². The SMILES string of the molecule is CC(C)(C)CC(=O)N[C@H](C(=O)N1CC2(C[C@H]1C(=O)CC(CC1CCC1)C(=O)C(N)=O)CC2(C)C)C(C)(C)C. The van der Waals surface area contributed by atoms with E-state index in [1.165, 1.54) is 0 Å². The van der Waals surface area contributed by atoms with E-state index in [-0.39, 0.29) is 46.7 Å². The van der Waals surface area contributed by atoms with Gasteiger partial charge in [0.1, 0.15) is 6.04 Å². The largest absolute Gasteiger partial charge is 0.363 e. The number of nitrogens with one attached hydrogen (secondary N) is 1. The summed E-state index contributed by atoms with van der Waals surface area (Å²) >= 11 is 0. The Balaban J connectivity index is 1.86. The molecular weight excluding hydrogens is 482 g/mol. The molecule has 2 unspecified atom stereocenters. The van der Waals surface area contributed by atoms with E-state index in [0.717, 1.165) is 25.7 Å². The molecule has 1 heterocycles. The van der Waals surface area contributed by atoms with Crippen LogP contribution in [0.2, 0.25) is 0 Å². The van der Waals surface area contributed by atoms with E-state index < -0.39 is 35.1 Å². The second kappa shape index (κ2) is 10.4. The summed E-state index contributed by atoms with van der Waals surface area (Å²) in [7, 11) is 0. The Hall–Kier alpha value is -2.25. The van der Waals surface area contributed by atoms with Gasteiger partial charge < -0.3 is 16.0 Å². The number of primary amides is 1. The first-order chi connectivity index (χ1) is 17.3. The molecule has 8 heteroatoms. The normalized spacial score (nSPS) is 26.4. The van der Waals surface area contributed by atoms with Gasteiger partial charge in [0, 0.05) is 25.3 Å². The maximum absolute atomic E-state index is 14.1. The van der Waals surface area contributed by atoms with Crippen LogP contribution in [0.15, 0.2) is 0 Å². The number of nitrogens with two attached hydrogens (primary N) is 1. The van der Waals surface area contributed by atoms with E-state index in [0.29, 0.717) is 25.3 Å². The quantitative estimate of drug-likeness (QED) is 0.415. The highest BCUT2D eigenvalue weighted by molar-refractivity contribution is 6.36. The lowest BCUT2D eigenvalue weighted by Crippen LogP contribution is -2.57. The summed E-state index contributed by atoms with van der Waals surface area (Å²) in [5, 5.41) is 2.98. The molecule has 1 aliphatic heterocycles. The van der Waals surface area contributed by atoms with Gasteiger partial charge in [0.2, 0.25) is 17.6 Å². The first-order valence-corrected chi connectivity index (χ1v) is 14.2. The van der Waals surface area contributed by atoms with Crippen LogP contribution < -0.4 is 11.1 Å². The predicted octanol–water partition coefficient (Wildman–Crippen LogP) is 3.79. The van der Waals surface area contributed by atoms with Crippen LogP contribution in [-0.4, -0.2) is 52.8 Å². The lowest BCUT2D eigenvalue weighted by atomic mass is 9.76. The Morgan fingerprint density at radius 2 is 1.61 bits per heavy atom. The van der Waals surface area contributed by atoms with Crippen LogP contribution in [0.5, 0.6) is 0 Å². The molecule has 3 aliphatic rings. The standard InChI is InChI=1S/C30H49N3O5/c1-27(2,3)15-22(35)32-24(28(4,5)6)26(38)33-17-30(16-29(30,7)8)14-20(33)21(34)13-19(23(36)25(31)37)12-18-10-9-11-18/h18-20,24H,9-17H2,1-8H3,(H2,31,37)(H,32,35)/t19?,20-,24+,30?/m0/s1. The van der Waals surface area contributed by atoms with Crippen molar-refractivity contribution in [1.29, 1.82) is 0 Å². The Morgan fingerprint density at radius 3 is 2.03 bits per heavy atom. The summed E-state index contributed by atoms with van der Waals surface area (Å²) in [6.45, 7) is 16.4. The number of amides is 3. The average Bonchev–Trinajstić information content (AvgIpc) is 3.05. The summed E-state index contributed by atoms with van der Waals surface area (Å²) < 4.78 is 0. The Labute approximate surface area is 228 Å². The van der Waals surface area contributed by atoms with Gasteiger partial charge in [0.25, 0.3) is 5.91 Å². The Morgan fingerprint density at radius 1 is 1.03 bits per heavy atom. The molecule has 3 fully saturated rings. The third-order valence-electron chi connectivity index (χ3n) is 9.19. The summed E-state index contributed by atoms with van der Waals surface area (Å²) in [4.78, 5) is 66.9. The first kappa shape index (κ1) is 30.3. The second-order valence-electron chi connectivity index (χ2n) is 15.3. The highest BCUT2D eigenvalue weighted by atomic mass is 16.2. The molecule has 2 saturated carbocycles. The monoisotopic (exact) mass is 531 g/mol. The van der Waals surface area contributed by atoms with Crippen LogP contribution in [0.3, 0.4) is 0 Å². The molecule has 3 rings (SSSR count). The fraction of sp³-hybridized carbons (Fsp3) is 0.833. The smallest absolute Gasteiger partial charge is 0.285 e. The van der Waals surface area contributed by atoms with Crippen LogP contribution in [0, 0.1) is 33.5 Å². The van der Waals surface area contributed by atoms with Crippen molar-refractivity contribution in [2.24, 2.45) is 39.2 Å². The van der Waals surface area contributed by atoms with Gasteiger partial charge in [-0.25, -0.2) is 0 Å². The molecule has 3 N–H and O–H groups in total. The number of ketones is 2. The zero-order chi connectivity index (χ0) is 28.8. The summed E-state index contributed by atoms with van der Waals surface area (Å²) in [6, 6.07) is -1.47. The van der Waals surface area contributed by atoms with Crippen molar-refractivity contribution in [3.05, 3.63) is 0 Å². The van der Waals surface area contributed by atoms with Crippen LogP contribution in [0.25, 0.3) is 0 Å². The molecule has 38 heavy (non-hydrogen) atoms. The maximum Gasteiger partial charge on any atom is 0.285 e. The molecule has 0 aromatic carbocycles. The molecule has 1 spiro atoms. The number of Topliss-reactive ketones (excluding diaryl/α,β-unsaturated/α-hetero) is 2. The minimum absolute atomic E-state index is 0.00163. The third kappa shape index (κ3) is 6.66. The highest BCUT2D eigenvalue weighted by Gasteiger charge is 2.67. The van der Waals surface area contributed by atoms with E-state index in [1.54, 1.807) is 4.90 Å². The van der Waals surface area contributed by atoms with Crippen molar-refractivity contribution in [1.82, 2.24) is 10.2 Å². The van der Waals surface area contributed by atoms with Gasteiger partial charge in [0.05, 0.1) is 6.04 Å². The van der Waals surface area contributed by atoms with E-state index in [2.05, 4.69) is 19.2 Å². The van der Waals surface area contributed by atoms with Crippen molar-refractivity contribution < 1.29 is 24.0 Å². The van der Waals surface area contributed by atoms with Crippen LogP contribution in [0.1, 0.15) is 107 Å². The van der Waals surface area contributed by atoms with Crippen LogP contribution in [-0.2, 0) is 24.0 Å². The lowest BCUT2D eigenvalue weighted by molar-refractivity contribution is -0.145. The van der Waals surface area contributed by atoms with Crippen molar-refractivity contribution in [2.45, 2.75) is 119 Å². The van der Waals surface area contributed by atoms with Crippen molar-refractivity contribution >= 4 is 29.3 Å². The third-order valence-corrected chi connectivity index (χ3v) is 9.19. The number of hydrogen-bond acceptors (Lipinski definition) is 5. The number of rotatable bonds is 10. The number of nitrogens with zero attached hydrogens (tertiary/aromatic N) is 1. The number of hydrogen-bond donors (Lipinski definition) is 2. The molecule has 0 aromatic rings. The maximum atomic E-state index is 14.1. The summed E-state index contributed by atoms with van der Waals surface area (Å²) in [6.07, 6.45) is 5.21. The summed E-state index contributed by atoms with van der Waals surface area (Å²) in [5.41, 5.74) is 4.39. The van der Waals surface area contributed by atoms with E-state index in [1.807, 2.05) is 41.5 Å². The van der Waals surface area contributed by atoms with Crippen molar-refractivity contribution in [3.8, 4) is 0 Å². The van der Waals surface area contributed by atoms with Crippen molar-refractivity contribution in [2.75, 3.05) is 6.54 Å². The fourth-order valence-corrected chi connectivity index (χ4v) is 6.42. The number of likely N-dealkylation sites (tertiary alicyclic amines) is 1. The van der Waals surface area contributed by atoms with Gasteiger partial charge in [-0.2, -0.15) is 0 Å². The predicted molar refractivity (Wildman–Crippen MR) is 146 cm³/mol. The van der Waals surface area contributed by atoms with Gasteiger partial charge in [-0.05, 0) is 46.8 Å². The van der Waals surface area contributed by atoms with Gasteiger partial charge in [-0.3, -0.25) is 24.0 Å². The van der Waals surface area contributed by atoms with Crippen molar-refractivity contribution in [3.63, 3.8) is 0 Å². The van der Waals surface area contributed by atoms with Gasteiger partial charge in [-0.1, -0.05) is 74.7 Å². The van der Waals surface area contributed by atoms with Gasteiger partial charge in [-0.15, -0.1) is 0 Å². The van der Waals surface area contributed by atoms with Gasteiger partial charge >= 0.3 is 0 Å². The lowest BCUT2D eigenvalue weighted by Gasteiger charge is -2.36. The topological polar surface area (TPSA) is 127 Å². The minimum atomic E-state index is -1.00. The molecule has 214 valence electrons. The molecule has 2 aliphatic carbocycles. The summed E-state index contributed by atoms with van der Waals surface area (Å²) in [5.74, 6) is -2.74. The molecule has 8 nitrogen and oxygen atoms in total. The average molecular weight is 532 g/mol. The molecule has 4 atom stereocenters. The molecule has 0 bridgehead atoms. The second-order valence-corrected chi connectivity index (χ2v) is 15.3. The number of carbonyl (C=O) groups is 5. The Bertz CT molecular complexity index is 985. The molecule has 0 radical (unpaired) electrons. The number of carbonyl (C=O) groups excluding carboxylic acids is 5. The van der Waals surface area contributed by atoms with Crippen LogP contribution in [0.4, 0.5) is 0 Å². The van der Waals surface area contributed by atoms with E-state index in [4.69, 9.17) is 5.73 Å². The zero-order valence-electron chi connectivity index (χ0n) is 24.7. The molecular formula is C30H49N3O5. The van der Waals surface area contributed by atoms with Gasteiger partial charge in [0.15, 0.2) is 5.78 Å². The minimum Gasteiger partial charge on any atom is -0.363 e. The fourth-order valence-electron chi connectivity index (χ4n) is 6.42. The highest BCUT2D eigenvalue weighted by Crippen LogP contribution is 2.69. The van der Waals surface area contributed by atoms with E-state index >= 15 is 0 Å². The zero-order valence-corrected chi connectivity index (χ0v) is 24.7. The Kier molecular flexibility index (Phi) is 8.28.